The van der Waals surface area contributed by atoms with E-state index in [-0.39, 0.29) is 5.78 Å². The second-order valence-electron chi connectivity index (χ2n) is 4.24. The molecule has 0 bridgehead atoms. The highest BCUT2D eigenvalue weighted by atomic mass is 16.5. The maximum absolute atomic E-state index is 11.4. The van der Waals surface area contributed by atoms with Crippen molar-refractivity contribution in [3.05, 3.63) is 29.8 Å². The van der Waals surface area contributed by atoms with Crippen LogP contribution in [-0.4, -0.2) is 36.9 Å². The molecule has 1 aromatic carbocycles. The van der Waals surface area contributed by atoms with Crippen LogP contribution in [0.5, 0.6) is 5.75 Å². The van der Waals surface area contributed by atoms with Gasteiger partial charge in [-0.3, -0.25) is 9.69 Å². The quantitative estimate of drug-likeness (QED) is 0.674. The number of ether oxygens (including phenoxy) is 1. The van der Waals surface area contributed by atoms with E-state index >= 15 is 0 Å². The number of Topliss-reactive ketones (excluding diaryl/α,β-unsaturated/α-hetero) is 1. The van der Waals surface area contributed by atoms with Crippen LogP contribution < -0.4 is 4.74 Å². The van der Waals surface area contributed by atoms with Gasteiger partial charge in [0.15, 0.2) is 5.78 Å². The Morgan fingerprint density at radius 3 is 2.74 bits per heavy atom. The van der Waals surface area contributed by atoms with Crippen molar-refractivity contribution in [1.82, 2.24) is 4.90 Å². The van der Waals surface area contributed by atoms with Gasteiger partial charge in [0, 0.05) is 19.5 Å². The number of ketones is 1. The number of carbonyl (C=O) groups is 1. The van der Waals surface area contributed by atoms with Gasteiger partial charge in [-0.05, 0) is 25.6 Å². The summed E-state index contributed by atoms with van der Waals surface area (Å²) in [6, 6.07) is 9.40. The third kappa shape index (κ3) is 5.11. The molecule has 4 heteroatoms. The number of nitriles is 1. The van der Waals surface area contributed by atoms with Crippen molar-refractivity contribution < 1.29 is 9.53 Å². The second kappa shape index (κ2) is 8.28. The molecule has 0 fully saturated rings. The van der Waals surface area contributed by atoms with E-state index < -0.39 is 0 Å². The number of hydrogen-bond donors (Lipinski definition) is 0. The van der Waals surface area contributed by atoms with E-state index in [1.165, 1.54) is 6.92 Å². The summed E-state index contributed by atoms with van der Waals surface area (Å²) < 4.78 is 5.67. The summed E-state index contributed by atoms with van der Waals surface area (Å²) in [5.41, 5.74) is 0.613. The Labute approximate surface area is 114 Å². The lowest BCUT2D eigenvalue weighted by atomic mass is 10.1. The van der Waals surface area contributed by atoms with Gasteiger partial charge in [-0.25, -0.2) is 0 Å². The molecule has 0 saturated heterocycles. The number of hydrogen-bond acceptors (Lipinski definition) is 4. The van der Waals surface area contributed by atoms with Gasteiger partial charge >= 0.3 is 0 Å². The molecule has 4 nitrogen and oxygen atoms in total. The molecule has 0 aliphatic heterocycles. The standard InChI is InChI=1S/C15H20N2O2/c1-3-17(10-6-9-16)11-12-19-15-8-5-4-7-14(15)13(2)18/h4-5,7-8H,3,6,10-12H2,1-2H3. The minimum atomic E-state index is 0.00688. The topological polar surface area (TPSA) is 53.3 Å². The molecule has 0 aliphatic rings. The minimum Gasteiger partial charge on any atom is -0.491 e. The Morgan fingerprint density at radius 2 is 2.11 bits per heavy atom. The highest BCUT2D eigenvalue weighted by Gasteiger charge is 2.08. The molecule has 1 aromatic rings. The van der Waals surface area contributed by atoms with Crippen LogP contribution in [0.3, 0.4) is 0 Å². The summed E-state index contributed by atoms with van der Waals surface area (Å²) in [4.78, 5) is 13.6. The molecule has 0 unspecified atom stereocenters. The summed E-state index contributed by atoms with van der Waals surface area (Å²) in [5, 5.41) is 8.57. The summed E-state index contributed by atoms with van der Waals surface area (Å²) >= 11 is 0. The van der Waals surface area contributed by atoms with Gasteiger partial charge in [-0.15, -0.1) is 0 Å². The molecule has 0 heterocycles. The van der Waals surface area contributed by atoms with Crippen LogP contribution in [0.2, 0.25) is 0 Å². The van der Waals surface area contributed by atoms with Crippen LogP contribution >= 0.6 is 0 Å². The van der Waals surface area contributed by atoms with E-state index in [9.17, 15) is 4.79 Å². The third-order valence-electron chi connectivity index (χ3n) is 2.92. The van der Waals surface area contributed by atoms with E-state index in [0.717, 1.165) is 19.6 Å². The fourth-order valence-electron chi connectivity index (χ4n) is 1.80. The van der Waals surface area contributed by atoms with Crippen molar-refractivity contribution in [2.24, 2.45) is 0 Å². The van der Waals surface area contributed by atoms with Crippen molar-refractivity contribution in [2.45, 2.75) is 20.3 Å². The number of para-hydroxylation sites is 1. The maximum Gasteiger partial charge on any atom is 0.163 e. The Kier molecular flexibility index (Phi) is 6.62. The van der Waals surface area contributed by atoms with Crippen LogP contribution in [-0.2, 0) is 0 Å². The summed E-state index contributed by atoms with van der Waals surface area (Å²) in [6.07, 6.45) is 0.526. The number of benzene rings is 1. The molecule has 0 radical (unpaired) electrons. The van der Waals surface area contributed by atoms with Gasteiger partial charge in [0.1, 0.15) is 12.4 Å². The lowest BCUT2D eigenvalue weighted by molar-refractivity contribution is 0.101. The van der Waals surface area contributed by atoms with Crippen molar-refractivity contribution in [3.8, 4) is 11.8 Å². The highest BCUT2D eigenvalue weighted by molar-refractivity contribution is 5.96. The lowest BCUT2D eigenvalue weighted by Crippen LogP contribution is -2.29. The maximum atomic E-state index is 11.4. The Morgan fingerprint density at radius 1 is 1.37 bits per heavy atom. The van der Waals surface area contributed by atoms with Crippen molar-refractivity contribution in [3.63, 3.8) is 0 Å². The third-order valence-corrected chi connectivity index (χ3v) is 2.92. The first kappa shape index (κ1) is 15.2. The first-order chi connectivity index (χ1) is 9.19. The molecule has 0 aromatic heterocycles. The molecule has 0 spiro atoms. The number of likely N-dealkylation sites (N-methyl/N-ethyl adjacent to an activating group) is 1. The van der Waals surface area contributed by atoms with Crippen molar-refractivity contribution in [1.29, 1.82) is 5.26 Å². The summed E-state index contributed by atoms with van der Waals surface area (Å²) in [7, 11) is 0. The largest absolute Gasteiger partial charge is 0.491 e. The summed E-state index contributed by atoms with van der Waals surface area (Å²) in [6.45, 7) is 6.51. The Bertz CT molecular complexity index is 452. The van der Waals surface area contributed by atoms with Crippen molar-refractivity contribution in [2.75, 3.05) is 26.2 Å². The zero-order chi connectivity index (χ0) is 14.1. The van der Waals surface area contributed by atoms with Crippen LogP contribution in [0.4, 0.5) is 0 Å². The fraction of sp³-hybridized carbons (Fsp3) is 0.467. The molecule has 0 amide bonds. The number of rotatable bonds is 8. The normalized spacial score (nSPS) is 10.2. The molecule has 0 atom stereocenters. The van der Waals surface area contributed by atoms with Crippen LogP contribution in [0.1, 0.15) is 30.6 Å². The molecule has 0 aliphatic carbocycles. The van der Waals surface area contributed by atoms with Gasteiger partial charge in [-0.2, -0.15) is 5.26 Å². The SMILES string of the molecule is CCN(CCC#N)CCOc1ccccc1C(C)=O. The molecule has 0 saturated carbocycles. The van der Waals surface area contributed by atoms with Crippen LogP contribution in [0.25, 0.3) is 0 Å². The fourth-order valence-corrected chi connectivity index (χ4v) is 1.80. The molecular weight excluding hydrogens is 240 g/mol. The first-order valence-corrected chi connectivity index (χ1v) is 6.51. The smallest absolute Gasteiger partial charge is 0.163 e. The van der Waals surface area contributed by atoms with Crippen LogP contribution in [0, 0.1) is 11.3 Å². The average Bonchev–Trinajstić information content (AvgIpc) is 2.43. The van der Waals surface area contributed by atoms with E-state index in [1.54, 1.807) is 6.07 Å². The average molecular weight is 260 g/mol. The lowest BCUT2D eigenvalue weighted by Gasteiger charge is -2.19. The van der Waals surface area contributed by atoms with Gasteiger partial charge in [0.25, 0.3) is 0 Å². The molecule has 19 heavy (non-hydrogen) atoms. The highest BCUT2D eigenvalue weighted by Crippen LogP contribution is 2.18. The van der Waals surface area contributed by atoms with Gasteiger partial charge in [-0.1, -0.05) is 19.1 Å². The van der Waals surface area contributed by atoms with E-state index in [0.29, 0.717) is 24.3 Å². The van der Waals surface area contributed by atoms with E-state index in [4.69, 9.17) is 10.00 Å². The molecular formula is C15H20N2O2. The molecule has 102 valence electrons. The Balaban J connectivity index is 2.49. The number of carbonyl (C=O) groups excluding carboxylic acids is 1. The summed E-state index contributed by atoms with van der Waals surface area (Å²) in [5.74, 6) is 0.638. The monoisotopic (exact) mass is 260 g/mol. The zero-order valence-electron chi connectivity index (χ0n) is 11.6. The van der Waals surface area contributed by atoms with Gasteiger partial charge < -0.3 is 4.74 Å². The van der Waals surface area contributed by atoms with E-state index in [2.05, 4.69) is 17.9 Å². The molecule has 1 rings (SSSR count). The Hall–Kier alpha value is -1.86. The molecule has 0 N–H and O–H groups in total. The second-order valence-corrected chi connectivity index (χ2v) is 4.24. The predicted octanol–water partition coefficient (Wildman–Crippen LogP) is 2.50. The first-order valence-electron chi connectivity index (χ1n) is 6.51. The minimum absolute atomic E-state index is 0.00688. The zero-order valence-corrected chi connectivity index (χ0v) is 11.6. The van der Waals surface area contributed by atoms with Crippen molar-refractivity contribution >= 4 is 5.78 Å². The van der Waals surface area contributed by atoms with E-state index in [1.807, 2.05) is 18.2 Å². The van der Waals surface area contributed by atoms with Crippen LogP contribution in [0.15, 0.2) is 24.3 Å². The van der Waals surface area contributed by atoms with Gasteiger partial charge in [0.05, 0.1) is 11.6 Å². The predicted molar refractivity (Wildman–Crippen MR) is 74.3 cm³/mol. The van der Waals surface area contributed by atoms with Gasteiger partial charge in [0.2, 0.25) is 0 Å². The number of nitrogens with zero attached hydrogens (tertiary/aromatic N) is 2.